The molecule has 2 fully saturated rings. The predicted octanol–water partition coefficient (Wildman–Crippen LogP) is 5.35. The van der Waals surface area contributed by atoms with Crippen LogP contribution in [0.25, 0.3) is 0 Å². The molecular weight excluding hydrogens is 442 g/mol. The maximum absolute atomic E-state index is 13.8. The number of fused-ring (bicyclic) bond motifs is 1. The van der Waals surface area contributed by atoms with Crippen molar-refractivity contribution in [2.24, 2.45) is 0 Å². The highest BCUT2D eigenvalue weighted by Gasteiger charge is 2.47. The molecule has 182 valence electrons. The zero-order valence-electron chi connectivity index (χ0n) is 20.2. The number of piperidine rings is 1. The lowest BCUT2D eigenvalue weighted by atomic mass is 9.80. The monoisotopic (exact) mass is 479 g/mol. The fourth-order valence-electron chi connectivity index (χ4n) is 6.27. The van der Waals surface area contributed by atoms with Crippen molar-refractivity contribution in [2.45, 2.75) is 82.3 Å². The van der Waals surface area contributed by atoms with Crippen molar-refractivity contribution < 1.29 is 9.59 Å². The number of amides is 2. The van der Waals surface area contributed by atoms with Gasteiger partial charge in [0.2, 0.25) is 5.91 Å². The topological polar surface area (TPSA) is 52.7 Å². The number of benzene rings is 1. The lowest BCUT2D eigenvalue weighted by Crippen LogP contribution is -2.50. The van der Waals surface area contributed by atoms with Crippen LogP contribution in [0.3, 0.4) is 0 Å². The molecule has 5 nitrogen and oxygen atoms in total. The van der Waals surface area contributed by atoms with E-state index in [0.29, 0.717) is 18.2 Å². The van der Waals surface area contributed by atoms with E-state index in [-0.39, 0.29) is 29.8 Å². The maximum atomic E-state index is 13.8. The summed E-state index contributed by atoms with van der Waals surface area (Å²) >= 11 is 1.66. The second-order valence-electron chi connectivity index (χ2n) is 10.2. The van der Waals surface area contributed by atoms with Crippen LogP contribution in [0.15, 0.2) is 41.8 Å². The Kier molecular flexibility index (Phi) is 7.35. The molecule has 2 aromatic rings. The number of carbonyl (C=O) groups excluding carboxylic acids is 2. The second kappa shape index (κ2) is 10.6. The lowest BCUT2D eigenvalue weighted by molar-refractivity contribution is -0.124. The average Bonchev–Trinajstić information content (AvgIpc) is 3.57. The SMILES string of the molecule is CC1CCCCN1CCCNC(=O)C1c2ccccc2C(=O)N(C2CCCC2)C1c1cccs1. The lowest BCUT2D eigenvalue weighted by Gasteiger charge is -2.44. The first kappa shape index (κ1) is 23.6. The van der Waals surface area contributed by atoms with E-state index in [2.05, 4.69) is 33.5 Å². The van der Waals surface area contributed by atoms with E-state index >= 15 is 0 Å². The van der Waals surface area contributed by atoms with Crippen molar-refractivity contribution in [2.75, 3.05) is 19.6 Å². The van der Waals surface area contributed by atoms with Gasteiger partial charge in [-0.1, -0.05) is 43.5 Å². The molecule has 2 aliphatic heterocycles. The summed E-state index contributed by atoms with van der Waals surface area (Å²) in [6, 6.07) is 12.5. The highest BCUT2D eigenvalue weighted by atomic mass is 32.1. The summed E-state index contributed by atoms with van der Waals surface area (Å²) in [5.41, 5.74) is 1.58. The summed E-state index contributed by atoms with van der Waals surface area (Å²) in [5.74, 6) is -0.237. The van der Waals surface area contributed by atoms with Gasteiger partial charge < -0.3 is 15.1 Å². The van der Waals surface area contributed by atoms with Gasteiger partial charge in [0.25, 0.3) is 5.91 Å². The fourth-order valence-corrected chi connectivity index (χ4v) is 7.13. The Morgan fingerprint density at radius 3 is 2.62 bits per heavy atom. The Bertz CT molecular complexity index is 985. The van der Waals surface area contributed by atoms with Crippen LogP contribution in [0, 0.1) is 0 Å². The molecule has 1 saturated carbocycles. The van der Waals surface area contributed by atoms with Gasteiger partial charge in [-0.25, -0.2) is 0 Å². The molecule has 3 aliphatic rings. The van der Waals surface area contributed by atoms with Crippen LogP contribution in [-0.4, -0.2) is 53.3 Å². The summed E-state index contributed by atoms with van der Waals surface area (Å²) < 4.78 is 0. The molecule has 0 spiro atoms. The molecule has 3 heterocycles. The van der Waals surface area contributed by atoms with Gasteiger partial charge in [-0.2, -0.15) is 0 Å². The van der Waals surface area contributed by atoms with Crippen molar-refractivity contribution in [1.29, 1.82) is 0 Å². The summed E-state index contributed by atoms with van der Waals surface area (Å²) in [4.78, 5) is 33.3. The molecule has 6 heteroatoms. The molecule has 3 atom stereocenters. The van der Waals surface area contributed by atoms with Crippen molar-refractivity contribution in [1.82, 2.24) is 15.1 Å². The zero-order valence-corrected chi connectivity index (χ0v) is 21.1. The molecule has 0 radical (unpaired) electrons. The van der Waals surface area contributed by atoms with Crippen LogP contribution in [-0.2, 0) is 4.79 Å². The number of carbonyl (C=O) groups is 2. The number of hydrogen-bond acceptors (Lipinski definition) is 4. The zero-order chi connectivity index (χ0) is 23.5. The molecule has 2 amide bonds. The van der Waals surface area contributed by atoms with E-state index in [4.69, 9.17) is 0 Å². The first-order valence-electron chi connectivity index (χ1n) is 13.1. The third kappa shape index (κ3) is 4.67. The van der Waals surface area contributed by atoms with Gasteiger partial charge in [0, 0.05) is 35.6 Å². The quantitative estimate of drug-likeness (QED) is 0.545. The molecule has 1 N–H and O–H groups in total. The van der Waals surface area contributed by atoms with E-state index in [1.54, 1.807) is 11.3 Å². The van der Waals surface area contributed by atoms with Gasteiger partial charge in [-0.15, -0.1) is 11.3 Å². The number of thiophene rings is 1. The van der Waals surface area contributed by atoms with Crippen molar-refractivity contribution in [3.8, 4) is 0 Å². The highest BCUT2D eigenvalue weighted by Crippen LogP contribution is 2.47. The van der Waals surface area contributed by atoms with Crippen LogP contribution < -0.4 is 5.32 Å². The second-order valence-corrected chi connectivity index (χ2v) is 11.2. The molecule has 1 aromatic carbocycles. The van der Waals surface area contributed by atoms with E-state index in [9.17, 15) is 9.59 Å². The van der Waals surface area contributed by atoms with Gasteiger partial charge in [-0.05, 0) is 68.6 Å². The van der Waals surface area contributed by atoms with Crippen LogP contribution in [0.2, 0.25) is 0 Å². The highest BCUT2D eigenvalue weighted by molar-refractivity contribution is 7.10. The van der Waals surface area contributed by atoms with Crippen LogP contribution >= 0.6 is 11.3 Å². The summed E-state index contributed by atoms with van der Waals surface area (Å²) in [6.07, 6.45) is 9.20. The maximum Gasteiger partial charge on any atom is 0.254 e. The van der Waals surface area contributed by atoms with Gasteiger partial charge in [0.05, 0.1) is 12.0 Å². The minimum Gasteiger partial charge on any atom is -0.355 e. The van der Waals surface area contributed by atoms with E-state index in [1.807, 2.05) is 30.3 Å². The van der Waals surface area contributed by atoms with Crippen molar-refractivity contribution in [3.05, 3.63) is 57.8 Å². The minimum atomic E-state index is -0.373. The third-order valence-electron chi connectivity index (χ3n) is 8.07. The molecule has 34 heavy (non-hydrogen) atoms. The largest absolute Gasteiger partial charge is 0.355 e. The Labute approximate surface area is 207 Å². The van der Waals surface area contributed by atoms with E-state index < -0.39 is 0 Å². The molecule has 1 aliphatic carbocycles. The first-order valence-corrected chi connectivity index (χ1v) is 14.0. The number of nitrogens with zero attached hydrogens (tertiary/aromatic N) is 2. The van der Waals surface area contributed by atoms with Crippen LogP contribution in [0.1, 0.15) is 91.0 Å². The smallest absolute Gasteiger partial charge is 0.254 e. The van der Waals surface area contributed by atoms with E-state index in [0.717, 1.165) is 49.1 Å². The predicted molar refractivity (Wildman–Crippen MR) is 137 cm³/mol. The van der Waals surface area contributed by atoms with Crippen molar-refractivity contribution in [3.63, 3.8) is 0 Å². The Morgan fingerprint density at radius 2 is 1.85 bits per heavy atom. The summed E-state index contributed by atoms with van der Waals surface area (Å²) in [6.45, 7) is 5.19. The Balaban J connectivity index is 1.38. The van der Waals surface area contributed by atoms with E-state index in [1.165, 1.54) is 25.8 Å². The average molecular weight is 480 g/mol. The van der Waals surface area contributed by atoms with Gasteiger partial charge >= 0.3 is 0 Å². The molecule has 0 bridgehead atoms. The molecule has 5 rings (SSSR count). The summed E-state index contributed by atoms with van der Waals surface area (Å²) in [5, 5.41) is 5.32. The van der Waals surface area contributed by atoms with Gasteiger partial charge in [-0.3, -0.25) is 9.59 Å². The number of rotatable bonds is 7. The standard InChI is InChI=1S/C28H37N3O2S/c1-20-10-6-7-17-30(20)18-9-16-29-27(32)25-22-13-4-5-14-23(22)28(33)31(21-11-2-3-12-21)26(25)24-15-8-19-34-24/h4-5,8,13-15,19-21,25-26H,2-3,6-7,9-12,16-18H2,1H3,(H,29,32). The molecule has 3 unspecified atom stereocenters. The fraction of sp³-hybridized carbons (Fsp3) is 0.571. The minimum absolute atomic E-state index is 0.0491. The normalized spacial score (nSPS) is 26.0. The van der Waals surface area contributed by atoms with Crippen LogP contribution in [0.4, 0.5) is 0 Å². The van der Waals surface area contributed by atoms with Gasteiger partial charge in [0.1, 0.15) is 0 Å². The molecular formula is C28H37N3O2S. The molecule has 1 saturated heterocycles. The number of nitrogens with one attached hydrogen (secondary N) is 1. The Hall–Kier alpha value is -2.18. The third-order valence-corrected chi connectivity index (χ3v) is 9.02. The Morgan fingerprint density at radius 1 is 1.06 bits per heavy atom. The molecule has 1 aromatic heterocycles. The van der Waals surface area contributed by atoms with Crippen molar-refractivity contribution >= 4 is 23.2 Å². The van der Waals surface area contributed by atoms with Crippen LogP contribution in [0.5, 0.6) is 0 Å². The number of hydrogen-bond donors (Lipinski definition) is 1. The van der Waals surface area contributed by atoms with Gasteiger partial charge in [0.15, 0.2) is 0 Å². The number of likely N-dealkylation sites (tertiary alicyclic amines) is 1. The first-order chi connectivity index (χ1) is 16.6. The summed E-state index contributed by atoms with van der Waals surface area (Å²) in [7, 11) is 0.